The van der Waals surface area contributed by atoms with Gasteiger partial charge < -0.3 is 15.1 Å². The van der Waals surface area contributed by atoms with Gasteiger partial charge in [0.25, 0.3) is 0 Å². The molecule has 2 amide bonds. The molecule has 1 saturated heterocycles. The van der Waals surface area contributed by atoms with Crippen LogP contribution in [0.15, 0.2) is 66.4 Å². The van der Waals surface area contributed by atoms with E-state index in [0.717, 1.165) is 11.4 Å². The Hall–Kier alpha value is -3.61. The van der Waals surface area contributed by atoms with Crippen molar-refractivity contribution in [2.75, 3.05) is 18.1 Å². The summed E-state index contributed by atoms with van der Waals surface area (Å²) in [5, 5.41) is 0. The van der Waals surface area contributed by atoms with Crippen LogP contribution in [0.5, 0.6) is 5.75 Å². The number of nitrogens with one attached hydrogen (secondary N) is 2. The molecule has 1 heterocycles. The average Bonchev–Trinajstić information content (AvgIpc) is 3.15. The predicted octanol–water partition coefficient (Wildman–Crippen LogP) is 2.85. The predicted molar refractivity (Wildman–Crippen MR) is 114 cm³/mol. The highest BCUT2D eigenvalue weighted by atomic mass is 16.5. The van der Waals surface area contributed by atoms with E-state index in [1.807, 2.05) is 25.1 Å². The Balaban J connectivity index is 1.54. The number of nitrogens with zero attached hydrogens (tertiary/aromatic N) is 1. The lowest BCUT2D eigenvalue weighted by Crippen LogP contribution is -2.41. The smallest absolute Gasteiger partial charge is 0.243 e. The second kappa shape index (κ2) is 9.73. The maximum atomic E-state index is 12.5. The molecule has 1 fully saturated rings. The summed E-state index contributed by atoms with van der Waals surface area (Å²) in [6.07, 6.45) is 1.55. The first-order valence-corrected chi connectivity index (χ1v) is 9.84. The molecule has 0 aromatic heterocycles. The standard InChI is InChI=1S/C23H25N3O4/c1-3-30-20-11-9-19(10-12-20)26-15-18(14-22(26)28)23(29)25-24-16(2)13-21(27)17-7-5-4-6-8-17/h4-13,18,24H,3,14-15H2,1-2H3,(H,25,29)/b16-13+. The normalized spacial score (nSPS) is 16.3. The molecular weight excluding hydrogens is 382 g/mol. The zero-order valence-electron chi connectivity index (χ0n) is 17.1. The molecule has 0 bridgehead atoms. The lowest BCUT2D eigenvalue weighted by molar-refractivity contribution is -0.127. The first kappa shape index (κ1) is 21.1. The molecule has 1 atom stereocenters. The summed E-state index contributed by atoms with van der Waals surface area (Å²) in [4.78, 5) is 38.6. The molecule has 1 aliphatic heterocycles. The number of hydrazine groups is 1. The molecule has 0 spiro atoms. The van der Waals surface area contributed by atoms with Crippen LogP contribution in [-0.4, -0.2) is 30.7 Å². The molecule has 1 aliphatic rings. The number of allylic oxidation sites excluding steroid dienone is 2. The van der Waals surface area contributed by atoms with Gasteiger partial charge in [0.1, 0.15) is 5.75 Å². The van der Waals surface area contributed by atoms with Crippen LogP contribution in [0.25, 0.3) is 0 Å². The van der Waals surface area contributed by atoms with Gasteiger partial charge in [-0.25, -0.2) is 0 Å². The van der Waals surface area contributed by atoms with E-state index in [2.05, 4.69) is 10.9 Å². The third-order valence-electron chi connectivity index (χ3n) is 4.74. The fraction of sp³-hybridized carbons (Fsp3) is 0.261. The number of anilines is 1. The molecule has 30 heavy (non-hydrogen) atoms. The van der Waals surface area contributed by atoms with Crippen LogP contribution in [-0.2, 0) is 9.59 Å². The molecule has 2 aromatic rings. The van der Waals surface area contributed by atoms with Gasteiger partial charge in [0.2, 0.25) is 11.8 Å². The second-order valence-electron chi connectivity index (χ2n) is 7.00. The van der Waals surface area contributed by atoms with Crippen molar-refractivity contribution in [3.8, 4) is 5.75 Å². The van der Waals surface area contributed by atoms with E-state index in [-0.39, 0.29) is 24.0 Å². The average molecular weight is 407 g/mol. The van der Waals surface area contributed by atoms with E-state index in [1.165, 1.54) is 6.08 Å². The largest absolute Gasteiger partial charge is 0.494 e. The van der Waals surface area contributed by atoms with Gasteiger partial charge in [0.05, 0.1) is 12.5 Å². The van der Waals surface area contributed by atoms with Crippen molar-refractivity contribution >= 4 is 23.3 Å². The molecule has 7 heteroatoms. The third-order valence-corrected chi connectivity index (χ3v) is 4.74. The highest BCUT2D eigenvalue weighted by molar-refractivity contribution is 6.04. The van der Waals surface area contributed by atoms with Gasteiger partial charge in [-0.05, 0) is 38.1 Å². The summed E-state index contributed by atoms with van der Waals surface area (Å²) < 4.78 is 5.41. The highest BCUT2D eigenvalue weighted by Gasteiger charge is 2.35. The summed E-state index contributed by atoms with van der Waals surface area (Å²) in [5.74, 6) is -0.303. The number of rotatable bonds is 8. The van der Waals surface area contributed by atoms with Gasteiger partial charge in [-0.1, -0.05) is 30.3 Å². The van der Waals surface area contributed by atoms with Gasteiger partial charge in [0, 0.05) is 36.0 Å². The Morgan fingerprint density at radius 2 is 1.80 bits per heavy atom. The van der Waals surface area contributed by atoms with Crippen LogP contribution in [0.1, 0.15) is 30.6 Å². The Morgan fingerprint density at radius 1 is 1.10 bits per heavy atom. The number of carbonyl (C=O) groups is 3. The molecule has 2 aromatic carbocycles. The quantitative estimate of drug-likeness (QED) is 0.399. The highest BCUT2D eigenvalue weighted by Crippen LogP contribution is 2.27. The molecule has 1 unspecified atom stereocenters. The zero-order valence-corrected chi connectivity index (χ0v) is 17.1. The van der Waals surface area contributed by atoms with Gasteiger partial charge in [-0.3, -0.25) is 19.8 Å². The van der Waals surface area contributed by atoms with Crippen molar-refractivity contribution in [3.63, 3.8) is 0 Å². The third kappa shape index (κ3) is 5.26. The van der Waals surface area contributed by atoms with Crippen molar-refractivity contribution in [1.82, 2.24) is 10.9 Å². The van der Waals surface area contributed by atoms with E-state index < -0.39 is 5.92 Å². The minimum atomic E-state index is -0.478. The summed E-state index contributed by atoms with van der Waals surface area (Å²) in [7, 11) is 0. The SMILES string of the molecule is CCOc1ccc(N2CC(C(=O)NN/C(C)=C/C(=O)c3ccccc3)CC2=O)cc1. The van der Waals surface area contributed by atoms with Gasteiger partial charge in [-0.2, -0.15) is 0 Å². The topological polar surface area (TPSA) is 87.7 Å². The number of ether oxygens (including phenoxy) is 1. The molecule has 2 N–H and O–H groups in total. The van der Waals surface area contributed by atoms with E-state index >= 15 is 0 Å². The first-order chi connectivity index (χ1) is 14.5. The van der Waals surface area contributed by atoms with Crippen LogP contribution in [0.4, 0.5) is 5.69 Å². The Morgan fingerprint density at radius 3 is 2.47 bits per heavy atom. The molecule has 0 radical (unpaired) electrons. The molecule has 0 saturated carbocycles. The fourth-order valence-corrected chi connectivity index (χ4v) is 3.20. The summed E-state index contributed by atoms with van der Waals surface area (Å²) in [6.45, 7) is 4.46. The maximum Gasteiger partial charge on any atom is 0.243 e. The zero-order chi connectivity index (χ0) is 21.5. The number of amides is 2. The maximum absolute atomic E-state index is 12.5. The van der Waals surface area contributed by atoms with E-state index in [9.17, 15) is 14.4 Å². The summed E-state index contributed by atoms with van der Waals surface area (Å²) in [6, 6.07) is 16.1. The van der Waals surface area contributed by atoms with Crippen LogP contribution in [0.3, 0.4) is 0 Å². The number of carbonyl (C=O) groups excluding carboxylic acids is 3. The van der Waals surface area contributed by atoms with Gasteiger partial charge in [0.15, 0.2) is 5.78 Å². The van der Waals surface area contributed by atoms with Crippen LogP contribution >= 0.6 is 0 Å². The summed E-state index contributed by atoms with van der Waals surface area (Å²) >= 11 is 0. The van der Waals surface area contributed by atoms with Crippen LogP contribution in [0, 0.1) is 5.92 Å². The van der Waals surface area contributed by atoms with Gasteiger partial charge >= 0.3 is 0 Å². The summed E-state index contributed by atoms with van der Waals surface area (Å²) in [5.41, 5.74) is 7.14. The Labute approximate surface area is 175 Å². The lowest BCUT2D eigenvalue weighted by atomic mass is 10.1. The van der Waals surface area contributed by atoms with E-state index in [4.69, 9.17) is 4.74 Å². The second-order valence-corrected chi connectivity index (χ2v) is 7.00. The van der Waals surface area contributed by atoms with Crippen molar-refractivity contribution < 1.29 is 19.1 Å². The van der Waals surface area contributed by atoms with E-state index in [1.54, 1.807) is 48.2 Å². The van der Waals surface area contributed by atoms with Crippen molar-refractivity contribution in [2.24, 2.45) is 5.92 Å². The molecule has 0 aliphatic carbocycles. The monoisotopic (exact) mass is 407 g/mol. The molecule has 3 rings (SSSR count). The lowest BCUT2D eigenvalue weighted by Gasteiger charge is -2.17. The minimum absolute atomic E-state index is 0.106. The van der Waals surface area contributed by atoms with Gasteiger partial charge in [-0.15, -0.1) is 0 Å². The molecule has 7 nitrogen and oxygen atoms in total. The number of benzene rings is 2. The minimum Gasteiger partial charge on any atom is -0.494 e. The molecular formula is C23H25N3O4. The first-order valence-electron chi connectivity index (χ1n) is 9.84. The Kier molecular flexibility index (Phi) is 6.85. The Bertz CT molecular complexity index is 939. The van der Waals surface area contributed by atoms with Crippen LogP contribution < -0.4 is 20.5 Å². The van der Waals surface area contributed by atoms with E-state index in [0.29, 0.717) is 24.4 Å². The molecule has 156 valence electrons. The van der Waals surface area contributed by atoms with Crippen molar-refractivity contribution in [2.45, 2.75) is 20.3 Å². The fourth-order valence-electron chi connectivity index (χ4n) is 3.20. The number of ketones is 1. The van der Waals surface area contributed by atoms with Crippen molar-refractivity contribution in [3.05, 3.63) is 71.9 Å². The number of hydrogen-bond acceptors (Lipinski definition) is 5. The van der Waals surface area contributed by atoms with Crippen LogP contribution in [0.2, 0.25) is 0 Å². The number of hydrogen-bond donors (Lipinski definition) is 2. The van der Waals surface area contributed by atoms with Crippen molar-refractivity contribution in [1.29, 1.82) is 0 Å².